The fourth-order valence-corrected chi connectivity index (χ4v) is 3.68. The molecular formula is C18H36N2O. The third kappa shape index (κ3) is 6.25. The molecule has 0 unspecified atom stereocenters. The lowest BCUT2D eigenvalue weighted by molar-refractivity contribution is 0.0812. The average Bonchev–Trinajstić information content (AvgIpc) is 3.32. The van der Waals surface area contributed by atoms with Crippen LogP contribution in [0.4, 0.5) is 0 Å². The normalized spacial score (nSPS) is 22.4. The Balaban J connectivity index is 1.88. The first-order valence-corrected chi connectivity index (χ1v) is 9.31. The van der Waals surface area contributed by atoms with Crippen molar-refractivity contribution >= 4 is 0 Å². The maximum absolute atomic E-state index is 5.56. The largest absolute Gasteiger partial charge is 0.380 e. The van der Waals surface area contributed by atoms with Crippen molar-refractivity contribution in [3.05, 3.63) is 0 Å². The van der Waals surface area contributed by atoms with Gasteiger partial charge >= 0.3 is 0 Å². The number of nitrogens with zero attached hydrogens (tertiary/aromatic N) is 1. The number of likely N-dealkylation sites (N-methyl/N-ethyl adjacent to an activating group) is 1. The van der Waals surface area contributed by atoms with Crippen LogP contribution in [0.15, 0.2) is 0 Å². The van der Waals surface area contributed by atoms with Gasteiger partial charge in [-0.05, 0) is 44.6 Å². The molecule has 0 aromatic carbocycles. The van der Waals surface area contributed by atoms with E-state index in [4.69, 9.17) is 4.74 Å². The second-order valence-electron chi connectivity index (χ2n) is 7.14. The van der Waals surface area contributed by atoms with Crippen molar-refractivity contribution in [3.8, 4) is 0 Å². The minimum atomic E-state index is 0.515. The summed E-state index contributed by atoms with van der Waals surface area (Å²) in [6, 6.07) is 0.837. The van der Waals surface area contributed by atoms with Gasteiger partial charge in [-0.1, -0.05) is 32.6 Å². The van der Waals surface area contributed by atoms with E-state index in [0.717, 1.165) is 32.3 Å². The molecule has 1 N–H and O–H groups in total. The minimum absolute atomic E-state index is 0.515. The lowest BCUT2D eigenvalue weighted by Crippen LogP contribution is -2.45. The summed E-state index contributed by atoms with van der Waals surface area (Å²) in [5, 5.41) is 3.83. The molecule has 0 heterocycles. The second-order valence-corrected chi connectivity index (χ2v) is 7.14. The number of nitrogens with one attached hydrogen (secondary N) is 1. The quantitative estimate of drug-likeness (QED) is 0.494. The monoisotopic (exact) mass is 296 g/mol. The van der Waals surface area contributed by atoms with Gasteiger partial charge < -0.3 is 15.0 Å². The molecular weight excluding hydrogens is 260 g/mol. The van der Waals surface area contributed by atoms with Crippen molar-refractivity contribution in [3.63, 3.8) is 0 Å². The van der Waals surface area contributed by atoms with Crippen LogP contribution in [0.5, 0.6) is 0 Å². The SMILES string of the molecule is CCOCCN(CC)CC1(CNC2CC2)CCCCCC1. The van der Waals surface area contributed by atoms with Gasteiger partial charge in [-0.15, -0.1) is 0 Å². The number of hydrogen-bond donors (Lipinski definition) is 1. The first kappa shape index (κ1) is 17.2. The Morgan fingerprint density at radius 3 is 2.38 bits per heavy atom. The summed E-state index contributed by atoms with van der Waals surface area (Å²) in [7, 11) is 0. The molecule has 2 rings (SSSR count). The molecule has 0 aliphatic heterocycles. The van der Waals surface area contributed by atoms with E-state index in [2.05, 4.69) is 24.1 Å². The van der Waals surface area contributed by atoms with Gasteiger partial charge in [0.2, 0.25) is 0 Å². The summed E-state index contributed by atoms with van der Waals surface area (Å²) in [6.45, 7) is 10.8. The van der Waals surface area contributed by atoms with Crippen LogP contribution in [0.1, 0.15) is 65.2 Å². The van der Waals surface area contributed by atoms with Crippen LogP contribution < -0.4 is 5.32 Å². The maximum atomic E-state index is 5.56. The fraction of sp³-hybridized carbons (Fsp3) is 1.00. The van der Waals surface area contributed by atoms with E-state index in [9.17, 15) is 0 Å². The second kappa shape index (κ2) is 9.12. The van der Waals surface area contributed by atoms with Crippen molar-refractivity contribution in [1.82, 2.24) is 10.2 Å². The zero-order valence-electron chi connectivity index (χ0n) is 14.3. The van der Waals surface area contributed by atoms with Crippen molar-refractivity contribution in [2.45, 2.75) is 71.3 Å². The predicted octanol–water partition coefficient (Wildman–Crippen LogP) is 3.44. The zero-order valence-corrected chi connectivity index (χ0v) is 14.3. The molecule has 0 radical (unpaired) electrons. The number of ether oxygens (including phenoxy) is 1. The summed E-state index contributed by atoms with van der Waals surface area (Å²) >= 11 is 0. The molecule has 0 amide bonds. The van der Waals surface area contributed by atoms with Gasteiger partial charge in [0.15, 0.2) is 0 Å². The van der Waals surface area contributed by atoms with E-state index < -0.39 is 0 Å². The summed E-state index contributed by atoms with van der Waals surface area (Å²) in [4.78, 5) is 2.62. The Kier molecular flexibility index (Phi) is 7.48. The molecule has 2 saturated carbocycles. The standard InChI is InChI=1S/C18H36N2O/c1-3-20(13-14-21-4-2)16-18(15-19-17-9-10-17)11-7-5-6-8-12-18/h17,19H,3-16H2,1-2H3. The topological polar surface area (TPSA) is 24.5 Å². The molecule has 124 valence electrons. The molecule has 0 aromatic heterocycles. The van der Waals surface area contributed by atoms with Gasteiger partial charge in [0.05, 0.1) is 6.61 Å². The molecule has 0 spiro atoms. The van der Waals surface area contributed by atoms with E-state index in [-0.39, 0.29) is 0 Å². The molecule has 2 aliphatic carbocycles. The first-order valence-electron chi connectivity index (χ1n) is 9.31. The molecule has 3 nitrogen and oxygen atoms in total. The van der Waals surface area contributed by atoms with Gasteiger partial charge in [-0.25, -0.2) is 0 Å². The van der Waals surface area contributed by atoms with Crippen LogP contribution in [0.3, 0.4) is 0 Å². The van der Waals surface area contributed by atoms with Crippen LogP contribution in [0.25, 0.3) is 0 Å². The van der Waals surface area contributed by atoms with Gasteiger partial charge in [-0.3, -0.25) is 0 Å². The number of rotatable bonds is 10. The lowest BCUT2D eigenvalue weighted by Gasteiger charge is -2.38. The van der Waals surface area contributed by atoms with E-state index in [1.165, 1.54) is 64.5 Å². The molecule has 0 aromatic rings. The molecule has 3 heteroatoms. The Labute approximate surface area is 131 Å². The number of hydrogen-bond acceptors (Lipinski definition) is 3. The summed E-state index contributed by atoms with van der Waals surface area (Å²) in [6.07, 6.45) is 11.4. The van der Waals surface area contributed by atoms with E-state index in [0.29, 0.717) is 5.41 Å². The fourth-order valence-electron chi connectivity index (χ4n) is 3.68. The highest BCUT2D eigenvalue weighted by Gasteiger charge is 2.34. The summed E-state index contributed by atoms with van der Waals surface area (Å²) < 4.78 is 5.56. The van der Waals surface area contributed by atoms with E-state index in [1.54, 1.807) is 0 Å². The lowest BCUT2D eigenvalue weighted by atomic mass is 9.79. The summed E-state index contributed by atoms with van der Waals surface area (Å²) in [5.74, 6) is 0. The van der Waals surface area contributed by atoms with Gasteiger partial charge in [0.1, 0.15) is 0 Å². The highest BCUT2D eigenvalue weighted by molar-refractivity contribution is 4.90. The molecule has 2 fully saturated rings. The first-order chi connectivity index (χ1) is 10.3. The third-order valence-electron chi connectivity index (χ3n) is 5.27. The van der Waals surface area contributed by atoms with Crippen molar-refractivity contribution in [1.29, 1.82) is 0 Å². The predicted molar refractivity (Wildman–Crippen MR) is 89.8 cm³/mol. The minimum Gasteiger partial charge on any atom is -0.380 e. The van der Waals surface area contributed by atoms with Crippen molar-refractivity contribution in [2.75, 3.05) is 39.4 Å². The van der Waals surface area contributed by atoms with Crippen LogP contribution in [-0.2, 0) is 4.74 Å². The Hall–Kier alpha value is -0.120. The molecule has 0 atom stereocenters. The van der Waals surface area contributed by atoms with Crippen LogP contribution in [0, 0.1) is 5.41 Å². The average molecular weight is 296 g/mol. The van der Waals surface area contributed by atoms with Gasteiger partial charge in [-0.2, -0.15) is 0 Å². The maximum Gasteiger partial charge on any atom is 0.0593 e. The molecule has 2 aliphatic rings. The molecule has 21 heavy (non-hydrogen) atoms. The highest BCUT2D eigenvalue weighted by atomic mass is 16.5. The zero-order chi connectivity index (χ0) is 15.0. The van der Waals surface area contributed by atoms with E-state index >= 15 is 0 Å². The smallest absolute Gasteiger partial charge is 0.0593 e. The van der Waals surface area contributed by atoms with E-state index in [1.807, 2.05) is 0 Å². The van der Waals surface area contributed by atoms with Crippen LogP contribution >= 0.6 is 0 Å². The van der Waals surface area contributed by atoms with Crippen molar-refractivity contribution in [2.24, 2.45) is 5.41 Å². The van der Waals surface area contributed by atoms with Gasteiger partial charge in [0.25, 0.3) is 0 Å². The highest BCUT2D eigenvalue weighted by Crippen LogP contribution is 2.36. The Morgan fingerprint density at radius 1 is 1.10 bits per heavy atom. The van der Waals surface area contributed by atoms with Crippen molar-refractivity contribution < 1.29 is 4.74 Å². The Morgan fingerprint density at radius 2 is 1.81 bits per heavy atom. The summed E-state index contributed by atoms with van der Waals surface area (Å²) in [5.41, 5.74) is 0.515. The van der Waals surface area contributed by atoms with Crippen LogP contribution in [-0.4, -0.2) is 50.3 Å². The van der Waals surface area contributed by atoms with Gasteiger partial charge in [0, 0.05) is 32.3 Å². The molecule has 0 saturated heterocycles. The third-order valence-corrected chi connectivity index (χ3v) is 5.27. The Bertz CT molecular complexity index is 270. The molecule has 0 bridgehead atoms. The van der Waals surface area contributed by atoms with Crippen LogP contribution in [0.2, 0.25) is 0 Å².